The van der Waals surface area contributed by atoms with Crippen molar-refractivity contribution >= 4 is 20.8 Å². The highest BCUT2D eigenvalue weighted by atomic mass is 31.0. The van der Waals surface area contributed by atoms with E-state index < -0.39 is 0 Å². The van der Waals surface area contributed by atoms with Gasteiger partial charge in [-0.15, -0.1) is 9.24 Å². The first-order valence-electron chi connectivity index (χ1n) is 9.19. The second-order valence-corrected chi connectivity index (χ2v) is 7.59. The number of rotatable bonds is 6. The van der Waals surface area contributed by atoms with Crippen LogP contribution in [-0.2, 0) is 4.79 Å². The van der Waals surface area contributed by atoms with Gasteiger partial charge in [0, 0.05) is 22.7 Å². The second kappa shape index (κ2) is 8.61. The van der Waals surface area contributed by atoms with Crippen molar-refractivity contribution in [2.45, 2.75) is 20.8 Å². The van der Waals surface area contributed by atoms with E-state index in [9.17, 15) is 9.18 Å². The third-order valence-corrected chi connectivity index (χ3v) is 5.25. The van der Waals surface area contributed by atoms with E-state index in [2.05, 4.69) is 29.7 Å². The molecule has 2 aromatic carbocycles. The summed E-state index contributed by atoms with van der Waals surface area (Å²) < 4.78 is 13.1. The van der Waals surface area contributed by atoms with Crippen LogP contribution in [0.4, 0.5) is 10.1 Å². The second-order valence-electron chi connectivity index (χ2n) is 7.12. The molecule has 0 aliphatic carbocycles. The Morgan fingerprint density at radius 3 is 2.57 bits per heavy atom. The number of nitrogens with zero attached hydrogens (tertiary/aromatic N) is 2. The third-order valence-electron chi connectivity index (χ3n) is 4.74. The van der Waals surface area contributed by atoms with Gasteiger partial charge in [0.05, 0.1) is 0 Å². The number of benzene rings is 2. The Labute approximate surface area is 166 Å². The molecule has 28 heavy (non-hydrogen) atoms. The number of aromatic nitrogens is 3. The smallest absolute Gasteiger partial charge is 0.228 e. The van der Waals surface area contributed by atoms with E-state index in [0.717, 1.165) is 22.4 Å². The van der Waals surface area contributed by atoms with Crippen LogP contribution in [0.5, 0.6) is 0 Å². The fraction of sp³-hybridized carbons (Fsp3) is 0.286. The number of aryl methyl sites for hydroxylation is 1. The molecule has 2 unspecified atom stereocenters. The summed E-state index contributed by atoms with van der Waals surface area (Å²) >= 11 is 0. The number of aromatic amines is 1. The highest BCUT2D eigenvalue weighted by Crippen LogP contribution is 2.27. The summed E-state index contributed by atoms with van der Waals surface area (Å²) in [6.07, 6.45) is 0.714. The van der Waals surface area contributed by atoms with Crippen LogP contribution in [-0.4, -0.2) is 27.3 Å². The maximum absolute atomic E-state index is 13.1. The summed E-state index contributed by atoms with van der Waals surface area (Å²) in [5, 5.41) is 10.2. The first-order valence-corrected chi connectivity index (χ1v) is 10.0. The molecule has 0 aliphatic rings. The highest BCUT2D eigenvalue weighted by Gasteiger charge is 2.20. The monoisotopic (exact) mass is 398 g/mol. The molecule has 0 radical (unpaired) electrons. The minimum Gasteiger partial charge on any atom is -0.326 e. The molecule has 0 fully saturated rings. The van der Waals surface area contributed by atoms with Crippen LogP contribution < -0.4 is 5.32 Å². The Morgan fingerprint density at radius 1 is 1.21 bits per heavy atom. The number of H-pyrrole nitrogens is 1. The number of halogens is 1. The molecule has 0 spiro atoms. The molecule has 3 rings (SSSR count). The van der Waals surface area contributed by atoms with E-state index in [-0.39, 0.29) is 23.6 Å². The average Bonchev–Trinajstić information content (AvgIpc) is 3.14. The molecule has 2 atom stereocenters. The number of nitrogens with one attached hydrogen (secondary N) is 2. The molecule has 0 bridgehead atoms. The van der Waals surface area contributed by atoms with E-state index in [1.807, 2.05) is 39.0 Å². The molecule has 1 heterocycles. The van der Waals surface area contributed by atoms with Gasteiger partial charge >= 0.3 is 0 Å². The Hall–Kier alpha value is -2.59. The highest BCUT2D eigenvalue weighted by molar-refractivity contribution is 7.16. The van der Waals surface area contributed by atoms with Gasteiger partial charge in [0.25, 0.3) is 0 Å². The number of carbonyl (C=O) groups is 1. The number of anilines is 1. The van der Waals surface area contributed by atoms with Gasteiger partial charge in [-0.2, -0.15) is 5.10 Å². The van der Waals surface area contributed by atoms with E-state index >= 15 is 0 Å². The van der Waals surface area contributed by atoms with E-state index in [4.69, 9.17) is 0 Å². The lowest BCUT2D eigenvalue weighted by Gasteiger charge is -2.18. The lowest BCUT2D eigenvalue weighted by Crippen LogP contribution is -2.28. The summed E-state index contributed by atoms with van der Waals surface area (Å²) in [5.74, 6) is 0.986. The summed E-state index contributed by atoms with van der Waals surface area (Å²) in [6, 6.07) is 11.8. The van der Waals surface area contributed by atoms with Gasteiger partial charge in [0.1, 0.15) is 5.82 Å². The Morgan fingerprint density at radius 2 is 1.93 bits per heavy atom. The topological polar surface area (TPSA) is 70.7 Å². The summed E-state index contributed by atoms with van der Waals surface area (Å²) in [6.45, 7) is 6.06. The van der Waals surface area contributed by atoms with Gasteiger partial charge < -0.3 is 5.32 Å². The third kappa shape index (κ3) is 4.45. The normalized spacial score (nSPS) is 12.2. The van der Waals surface area contributed by atoms with Gasteiger partial charge in [-0.25, -0.2) is 9.37 Å². The Bertz CT molecular complexity index is 969. The van der Waals surface area contributed by atoms with Crippen molar-refractivity contribution in [3.8, 4) is 22.8 Å². The maximum atomic E-state index is 13.1. The molecule has 0 aliphatic heterocycles. The molecule has 1 aromatic heterocycles. The van der Waals surface area contributed by atoms with Crippen molar-refractivity contribution in [1.82, 2.24) is 15.2 Å². The quantitative estimate of drug-likeness (QED) is 0.593. The predicted molar refractivity (Wildman–Crippen MR) is 113 cm³/mol. The standard InChI is InChI=1S/C21H24FN4OP/c1-12(2)18(11-28)21(27)23-16-9-4-13(3)17(10-16)20-24-19(25-26-20)14-5-7-15(22)8-6-14/h4-10,12,18H,11,28H2,1-3H3,(H,23,27)(H,24,25,26). The van der Waals surface area contributed by atoms with Crippen molar-refractivity contribution in [3.63, 3.8) is 0 Å². The van der Waals surface area contributed by atoms with Crippen LogP contribution in [0.3, 0.4) is 0 Å². The first-order chi connectivity index (χ1) is 13.4. The van der Waals surface area contributed by atoms with Crippen LogP contribution >= 0.6 is 9.24 Å². The molecular formula is C21H24FN4OP. The molecule has 2 N–H and O–H groups in total. The average molecular weight is 398 g/mol. The maximum Gasteiger partial charge on any atom is 0.228 e. The summed E-state index contributed by atoms with van der Waals surface area (Å²) in [4.78, 5) is 17.1. The first kappa shape index (κ1) is 20.2. The van der Waals surface area contributed by atoms with Crippen molar-refractivity contribution in [2.75, 3.05) is 11.5 Å². The molecule has 146 valence electrons. The number of amides is 1. The minimum atomic E-state index is -0.302. The van der Waals surface area contributed by atoms with Crippen molar-refractivity contribution in [3.05, 3.63) is 53.8 Å². The molecule has 5 nitrogen and oxygen atoms in total. The van der Waals surface area contributed by atoms with E-state index in [1.165, 1.54) is 12.1 Å². The molecule has 0 saturated carbocycles. The Kier molecular flexibility index (Phi) is 6.20. The van der Waals surface area contributed by atoms with Crippen LogP contribution in [0.1, 0.15) is 19.4 Å². The lowest BCUT2D eigenvalue weighted by molar-refractivity contribution is -0.120. The lowest BCUT2D eigenvalue weighted by atomic mass is 9.97. The van der Waals surface area contributed by atoms with Crippen LogP contribution in [0, 0.1) is 24.6 Å². The number of carbonyl (C=O) groups excluding carboxylic acids is 1. The molecule has 7 heteroatoms. The zero-order valence-electron chi connectivity index (χ0n) is 16.2. The van der Waals surface area contributed by atoms with Gasteiger partial charge in [-0.05, 0) is 61.0 Å². The number of hydrogen-bond acceptors (Lipinski definition) is 3. The van der Waals surface area contributed by atoms with Crippen molar-refractivity contribution < 1.29 is 9.18 Å². The largest absolute Gasteiger partial charge is 0.326 e. The molecule has 0 saturated heterocycles. The van der Waals surface area contributed by atoms with E-state index in [1.54, 1.807) is 12.1 Å². The molecule has 1 amide bonds. The minimum absolute atomic E-state index is 0.00405. The zero-order chi connectivity index (χ0) is 20.3. The Balaban J connectivity index is 1.86. The van der Waals surface area contributed by atoms with Gasteiger partial charge in [0.2, 0.25) is 5.91 Å². The fourth-order valence-electron chi connectivity index (χ4n) is 2.98. The van der Waals surface area contributed by atoms with Crippen molar-refractivity contribution in [1.29, 1.82) is 0 Å². The fourth-order valence-corrected chi connectivity index (χ4v) is 3.74. The summed E-state index contributed by atoms with van der Waals surface area (Å²) in [5.41, 5.74) is 3.30. The SMILES string of the molecule is Cc1ccc(NC(=O)C(CP)C(C)C)cc1-c1nc(-c2ccc(F)cc2)n[nH]1. The van der Waals surface area contributed by atoms with Gasteiger partial charge in [0.15, 0.2) is 11.6 Å². The van der Waals surface area contributed by atoms with Gasteiger partial charge in [-0.3, -0.25) is 9.89 Å². The number of hydrogen-bond donors (Lipinski definition) is 2. The van der Waals surface area contributed by atoms with Crippen LogP contribution in [0.2, 0.25) is 0 Å². The molecule has 3 aromatic rings. The zero-order valence-corrected chi connectivity index (χ0v) is 17.3. The summed E-state index contributed by atoms with van der Waals surface area (Å²) in [7, 11) is 2.64. The van der Waals surface area contributed by atoms with Gasteiger partial charge in [-0.1, -0.05) is 19.9 Å². The van der Waals surface area contributed by atoms with E-state index in [0.29, 0.717) is 17.8 Å². The van der Waals surface area contributed by atoms with Crippen LogP contribution in [0.15, 0.2) is 42.5 Å². The van der Waals surface area contributed by atoms with Crippen molar-refractivity contribution in [2.24, 2.45) is 11.8 Å². The van der Waals surface area contributed by atoms with Crippen LogP contribution in [0.25, 0.3) is 22.8 Å². The molecular weight excluding hydrogens is 374 g/mol. The predicted octanol–water partition coefficient (Wildman–Crippen LogP) is 4.67.